The van der Waals surface area contributed by atoms with Crippen molar-refractivity contribution in [3.05, 3.63) is 41.5 Å². The highest BCUT2D eigenvalue weighted by atomic mass is 16.3. The van der Waals surface area contributed by atoms with Crippen molar-refractivity contribution < 1.29 is 15.3 Å². The normalized spacial score (nSPS) is 40.4. The Balaban J connectivity index is 1.59. The molecule has 3 saturated carbocycles. The summed E-state index contributed by atoms with van der Waals surface area (Å²) in [6, 6.07) is 9.53. The smallest absolute Gasteiger partial charge is 0.131 e. The van der Waals surface area contributed by atoms with Crippen LogP contribution in [0.1, 0.15) is 91.5 Å². The summed E-state index contributed by atoms with van der Waals surface area (Å²) in [7, 11) is 2.14. The first-order valence-corrected chi connectivity index (χ1v) is 14.9. The summed E-state index contributed by atoms with van der Waals surface area (Å²) < 4.78 is 0. The Morgan fingerprint density at radius 1 is 1.03 bits per heavy atom. The highest BCUT2D eigenvalue weighted by molar-refractivity contribution is 5.48. The van der Waals surface area contributed by atoms with Gasteiger partial charge in [-0.2, -0.15) is 0 Å². The third kappa shape index (κ3) is 4.63. The summed E-state index contributed by atoms with van der Waals surface area (Å²) in [5, 5.41) is 33.9. The van der Waals surface area contributed by atoms with Crippen molar-refractivity contribution in [2.45, 2.75) is 110 Å². The van der Waals surface area contributed by atoms with E-state index in [4.69, 9.17) is 0 Å². The molecule has 208 valence electrons. The second-order valence-corrected chi connectivity index (χ2v) is 14.4. The minimum atomic E-state index is -1.02. The zero-order chi connectivity index (χ0) is 27.6. The summed E-state index contributed by atoms with van der Waals surface area (Å²) in [4.78, 5) is 2.29. The summed E-state index contributed by atoms with van der Waals surface area (Å²) in [6.07, 6.45) is 5.96. The number of hydrogen-bond acceptors (Lipinski definition) is 4. The van der Waals surface area contributed by atoms with Crippen molar-refractivity contribution in [2.75, 3.05) is 11.9 Å². The predicted molar refractivity (Wildman–Crippen MR) is 155 cm³/mol. The molecule has 4 aliphatic rings. The van der Waals surface area contributed by atoms with Gasteiger partial charge in [0.25, 0.3) is 0 Å². The lowest BCUT2D eigenvalue weighted by molar-refractivity contribution is -0.108. The molecule has 0 aromatic heterocycles. The molecule has 0 amide bonds. The van der Waals surface area contributed by atoms with Gasteiger partial charge in [-0.3, -0.25) is 0 Å². The fourth-order valence-electron chi connectivity index (χ4n) is 8.55. The Morgan fingerprint density at radius 2 is 1.71 bits per heavy atom. The molecule has 1 unspecified atom stereocenters. The maximum absolute atomic E-state index is 12.2. The first kappa shape index (κ1) is 27.8. The quantitative estimate of drug-likeness (QED) is 0.343. The summed E-state index contributed by atoms with van der Waals surface area (Å²) >= 11 is 0. The lowest BCUT2D eigenvalue weighted by atomic mass is 9.46. The molecule has 38 heavy (non-hydrogen) atoms. The second-order valence-electron chi connectivity index (χ2n) is 14.4. The van der Waals surface area contributed by atoms with Gasteiger partial charge in [-0.05, 0) is 126 Å². The summed E-state index contributed by atoms with van der Waals surface area (Å²) in [5.41, 5.74) is 2.10. The van der Waals surface area contributed by atoms with Crippen LogP contribution in [0.25, 0.3) is 0 Å². The van der Waals surface area contributed by atoms with Crippen molar-refractivity contribution in [1.29, 1.82) is 0 Å². The number of fused-ring (bicyclic) bond motifs is 5. The largest absolute Gasteiger partial charge is 0.389 e. The Kier molecular flexibility index (Phi) is 7.07. The molecule has 0 saturated heterocycles. The summed E-state index contributed by atoms with van der Waals surface area (Å²) in [6.45, 7) is 13.0. The van der Waals surface area contributed by atoms with E-state index in [2.05, 4.69) is 89.6 Å². The van der Waals surface area contributed by atoms with E-state index in [-0.39, 0.29) is 22.7 Å². The molecular weight excluding hydrogens is 470 g/mol. The molecule has 4 aliphatic carbocycles. The Bertz CT molecular complexity index is 1120. The van der Waals surface area contributed by atoms with Crippen LogP contribution in [0, 0.1) is 46.3 Å². The van der Waals surface area contributed by atoms with Gasteiger partial charge in [0, 0.05) is 29.6 Å². The van der Waals surface area contributed by atoms with Crippen molar-refractivity contribution in [3.8, 4) is 11.8 Å². The topological polar surface area (TPSA) is 63.9 Å². The molecule has 0 heterocycles. The molecule has 0 radical (unpaired) electrons. The van der Waals surface area contributed by atoms with Gasteiger partial charge < -0.3 is 20.2 Å². The average Bonchev–Trinajstić information content (AvgIpc) is 3.12. The van der Waals surface area contributed by atoms with Crippen LogP contribution < -0.4 is 4.90 Å². The number of rotatable bonds is 3. The summed E-state index contributed by atoms with van der Waals surface area (Å²) in [5.74, 6) is 8.42. The molecule has 0 aliphatic heterocycles. The molecule has 0 spiro atoms. The monoisotopic (exact) mass is 519 g/mol. The van der Waals surface area contributed by atoms with Crippen molar-refractivity contribution in [1.82, 2.24) is 0 Å². The van der Waals surface area contributed by atoms with E-state index < -0.39 is 17.8 Å². The fraction of sp³-hybridized carbons (Fsp3) is 0.706. The van der Waals surface area contributed by atoms with E-state index in [1.165, 1.54) is 11.3 Å². The maximum atomic E-state index is 12.2. The lowest BCUT2D eigenvalue weighted by Gasteiger charge is -2.59. The van der Waals surface area contributed by atoms with Gasteiger partial charge >= 0.3 is 0 Å². The maximum Gasteiger partial charge on any atom is 0.131 e. The number of aliphatic hydroxyl groups is 3. The highest BCUT2D eigenvalue weighted by Crippen LogP contribution is 2.68. The van der Waals surface area contributed by atoms with E-state index in [1.807, 2.05) is 6.08 Å². The van der Waals surface area contributed by atoms with E-state index >= 15 is 0 Å². The Labute approximate surface area is 230 Å². The van der Waals surface area contributed by atoms with Gasteiger partial charge in [-0.15, -0.1) is 0 Å². The van der Waals surface area contributed by atoms with Crippen LogP contribution in [-0.4, -0.2) is 46.2 Å². The number of aliphatic hydroxyl groups excluding tert-OH is 2. The molecular formula is C34H49NO3. The molecule has 0 bridgehead atoms. The standard InChI is InChI=1S/C34H49NO3/c1-21(2)35(7)23-10-8-22(9-11-23)28-20-33(6)29(14-15-34(33,38)17-16-32(3,4)5)27-19-30(37)26-18-24(36)12-13-25(26)31(27)28/h8-11,18,21,24-25,27-31,36-38H,12-15,19-20H2,1-7H3/t24?,25-,27-,28+,29-,30+,31+,33-,34+/m0/s1. The molecule has 5 rings (SSSR count). The second kappa shape index (κ2) is 9.69. The lowest BCUT2D eigenvalue weighted by Crippen LogP contribution is -2.56. The van der Waals surface area contributed by atoms with Crippen molar-refractivity contribution in [2.24, 2.45) is 34.5 Å². The Hall–Kier alpha value is -1.80. The number of anilines is 1. The van der Waals surface area contributed by atoms with E-state index in [9.17, 15) is 15.3 Å². The zero-order valence-corrected chi connectivity index (χ0v) is 24.5. The van der Waals surface area contributed by atoms with E-state index in [0.29, 0.717) is 36.6 Å². The van der Waals surface area contributed by atoms with Gasteiger partial charge in [-0.25, -0.2) is 0 Å². The minimum Gasteiger partial charge on any atom is -0.389 e. The van der Waals surface area contributed by atoms with Crippen LogP contribution in [0.2, 0.25) is 0 Å². The molecule has 1 aromatic carbocycles. The van der Waals surface area contributed by atoms with Gasteiger partial charge in [0.1, 0.15) is 5.60 Å². The molecule has 3 fully saturated rings. The zero-order valence-electron chi connectivity index (χ0n) is 24.5. The fourth-order valence-corrected chi connectivity index (χ4v) is 8.55. The number of hydrogen-bond donors (Lipinski definition) is 3. The van der Waals surface area contributed by atoms with Crippen LogP contribution in [-0.2, 0) is 0 Å². The average molecular weight is 520 g/mol. The SMILES string of the molecule is CC(C)N(C)c1ccc([C@H]2C[C@@]3(C)[C@@H](CC[C@@]3(O)C#CC(C)(C)C)[C@@H]3C[C@@H](O)C4=CC(O)CC[C@@H]4[C@H]32)cc1. The predicted octanol–water partition coefficient (Wildman–Crippen LogP) is 5.91. The third-order valence-corrected chi connectivity index (χ3v) is 10.8. The molecule has 9 atom stereocenters. The highest BCUT2D eigenvalue weighted by Gasteiger charge is 2.65. The van der Waals surface area contributed by atoms with Crippen LogP contribution in [0.4, 0.5) is 5.69 Å². The van der Waals surface area contributed by atoms with E-state index in [0.717, 1.165) is 31.3 Å². The van der Waals surface area contributed by atoms with Crippen molar-refractivity contribution in [3.63, 3.8) is 0 Å². The van der Waals surface area contributed by atoms with Gasteiger partial charge in [-0.1, -0.05) is 37.0 Å². The first-order chi connectivity index (χ1) is 17.7. The minimum absolute atomic E-state index is 0.164. The van der Waals surface area contributed by atoms with Crippen LogP contribution in [0.3, 0.4) is 0 Å². The van der Waals surface area contributed by atoms with Crippen LogP contribution >= 0.6 is 0 Å². The van der Waals surface area contributed by atoms with Gasteiger partial charge in [0.15, 0.2) is 0 Å². The van der Waals surface area contributed by atoms with Gasteiger partial charge in [0.2, 0.25) is 0 Å². The molecule has 1 aromatic rings. The first-order valence-electron chi connectivity index (χ1n) is 14.9. The number of benzene rings is 1. The number of nitrogens with zero attached hydrogens (tertiary/aromatic N) is 1. The van der Waals surface area contributed by atoms with Crippen LogP contribution in [0.5, 0.6) is 0 Å². The van der Waals surface area contributed by atoms with Gasteiger partial charge in [0.05, 0.1) is 12.2 Å². The molecule has 4 heteroatoms. The van der Waals surface area contributed by atoms with E-state index in [1.54, 1.807) is 0 Å². The third-order valence-electron chi connectivity index (χ3n) is 10.8. The molecule has 3 N–H and O–H groups in total. The van der Waals surface area contributed by atoms with Crippen LogP contribution in [0.15, 0.2) is 35.9 Å². The Morgan fingerprint density at radius 3 is 2.34 bits per heavy atom. The van der Waals surface area contributed by atoms with Crippen molar-refractivity contribution >= 4 is 5.69 Å². The molecule has 4 nitrogen and oxygen atoms in total.